The molecule has 0 aromatic heterocycles. The Morgan fingerprint density at radius 3 is 2.17 bits per heavy atom. The molecule has 0 N–H and O–H groups in total. The van der Waals surface area contributed by atoms with Crippen molar-refractivity contribution in [2.24, 2.45) is 0 Å². The van der Waals surface area contributed by atoms with Crippen LogP contribution in [0.4, 0.5) is 4.39 Å². The number of benzene rings is 2. The fourth-order valence-corrected chi connectivity index (χ4v) is 4.62. The van der Waals surface area contributed by atoms with Crippen LogP contribution in [0.15, 0.2) is 53.4 Å². The summed E-state index contributed by atoms with van der Waals surface area (Å²) in [5.74, 6) is -0.140. The van der Waals surface area contributed by atoms with Gasteiger partial charge in [0, 0.05) is 26.2 Å². The summed E-state index contributed by atoms with van der Waals surface area (Å²) in [4.78, 5) is 14.7. The van der Waals surface area contributed by atoms with Gasteiger partial charge in [-0.3, -0.25) is 4.79 Å². The summed E-state index contributed by atoms with van der Waals surface area (Å²) in [7, 11) is -3.58. The molecule has 6 nitrogen and oxygen atoms in total. The molecule has 1 heterocycles. The van der Waals surface area contributed by atoms with Crippen LogP contribution in [0.1, 0.15) is 18.9 Å². The molecule has 0 bridgehead atoms. The van der Waals surface area contributed by atoms with Gasteiger partial charge in [0.05, 0.1) is 4.90 Å². The molecule has 1 saturated heterocycles. The van der Waals surface area contributed by atoms with Crippen molar-refractivity contribution in [3.05, 3.63) is 59.9 Å². The summed E-state index contributed by atoms with van der Waals surface area (Å²) in [6.45, 7) is 4.80. The number of hydrogen-bond acceptors (Lipinski definition) is 4. The maximum Gasteiger partial charge on any atom is 0.263 e. The average Bonchev–Trinajstić information content (AvgIpc) is 2.73. The molecular weight excluding hydrogens is 395 g/mol. The minimum atomic E-state index is -3.58. The number of carbonyl (C=O) groups excluding carboxylic acids is 1. The van der Waals surface area contributed by atoms with Crippen LogP contribution in [0.2, 0.25) is 0 Å². The van der Waals surface area contributed by atoms with E-state index in [1.165, 1.54) is 28.6 Å². The molecule has 1 aliphatic heterocycles. The summed E-state index contributed by atoms with van der Waals surface area (Å²) in [6.07, 6.45) is -0.237. The summed E-state index contributed by atoms with van der Waals surface area (Å²) >= 11 is 0. The van der Waals surface area contributed by atoms with Gasteiger partial charge in [-0.2, -0.15) is 4.31 Å². The predicted octanol–water partition coefficient (Wildman–Crippen LogP) is 2.82. The van der Waals surface area contributed by atoms with Crippen molar-refractivity contribution >= 4 is 15.9 Å². The van der Waals surface area contributed by atoms with Crippen molar-refractivity contribution in [3.8, 4) is 5.75 Å². The Hall–Kier alpha value is -2.45. The zero-order chi connectivity index (χ0) is 21.0. The van der Waals surface area contributed by atoms with Crippen molar-refractivity contribution in [3.63, 3.8) is 0 Å². The SMILES string of the molecule is CC[C@@H](Oc1ccc(F)cc1)C(=O)N1CCN(S(=O)(=O)c2ccc(C)cc2)CC1. The van der Waals surface area contributed by atoms with Crippen LogP contribution in [0.5, 0.6) is 5.75 Å². The number of nitrogens with zero attached hydrogens (tertiary/aromatic N) is 2. The van der Waals surface area contributed by atoms with Crippen LogP contribution in [-0.2, 0) is 14.8 Å². The molecule has 0 saturated carbocycles. The Morgan fingerprint density at radius 1 is 1.03 bits per heavy atom. The fourth-order valence-electron chi connectivity index (χ4n) is 3.20. The molecule has 8 heteroatoms. The molecule has 1 amide bonds. The van der Waals surface area contributed by atoms with E-state index in [4.69, 9.17) is 4.74 Å². The maximum atomic E-state index is 13.0. The van der Waals surface area contributed by atoms with Crippen molar-refractivity contribution in [2.45, 2.75) is 31.3 Å². The molecule has 0 radical (unpaired) electrons. The lowest BCUT2D eigenvalue weighted by atomic mass is 10.2. The molecule has 0 unspecified atom stereocenters. The molecule has 3 rings (SSSR count). The van der Waals surface area contributed by atoms with Gasteiger partial charge in [0.25, 0.3) is 5.91 Å². The first-order chi connectivity index (χ1) is 13.8. The van der Waals surface area contributed by atoms with Gasteiger partial charge in [-0.15, -0.1) is 0 Å². The lowest BCUT2D eigenvalue weighted by Crippen LogP contribution is -2.53. The third kappa shape index (κ3) is 4.94. The Balaban J connectivity index is 1.62. The molecule has 1 fully saturated rings. The number of sulfonamides is 1. The Morgan fingerprint density at radius 2 is 1.62 bits per heavy atom. The number of hydrogen-bond donors (Lipinski definition) is 0. The fraction of sp³-hybridized carbons (Fsp3) is 0.381. The highest BCUT2D eigenvalue weighted by Gasteiger charge is 2.32. The van der Waals surface area contributed by atoms with E-state index in [1.807, 2.05) is 13.8 Å². The smallest absolute Gasteiger partial charge is 0.263 e. The first-order valence-corrected chi connectivity index (χ1v) is 11.0. The Labute approximate surface area is 170 Å². The minimum absolute atomic E-state index is 0.191. The molecule has 1 atom stereocenters. The van der Waals surface area contributed by atoms with Crippen LogP contribution in [0.3, 0.4) is 0 Å². The number of rotatable bonds is 6. The molecule has 2 aromatic carbocycles. The van der Waals surface area contributed by atoms with Crippen LogP contribution in [0.25, 0.3) is 0 Å². The highest BCUT2D eigenvalue weighted by molar-refractivity contribution is 7.89. The van der Waals surface area contributed by atoms with Crippen molar-refractivity contribution in [1.29, 1.82) is 0 Å². The van der Waals surface area contributed by atoms with E-state index >= 15 is 0 Å². The number of piperazine rings is 1. The largest absolute Gasteiger partial charge is 0.481 e. The van der Waals surface area contributed by atoms with Crippen molar-refractivity contribution < 1.29 is 22.3 Å². The third-order valence-corrected chi connectivity index (χ3v) is 6.86. The monoisotopic (exact) mass is 420 g/mol. The van der Waals surface area contributed by atoms with E-state index in [-0.39, 0.29) is 29.7 Å². The predicted molar refractivity (Wildman–Crippen MR) is 108 cm³/mol. The normalized spacial score (nSPS) is 16.4. The van der Waals surface area contributed by atoms with Crippen molar-refractivity contribution in [1.82, 2.24) is 9.21 Å². The summed E-state index contributed by atoms with van der Waals surface area (Å²) in [6, 6.07) is 12.3. The Bertz CT molecular complexity index is 938. The molecule has 0 spiro atoms. The topological polar surface area (TPSA) is 66.9 Å². The zero-order valence-corrected chi connectivity index (χ0v) is 17.4. The standard InChI is InChI=1S/C21H25FN2O4S/c1-3-20(28-18-8-6-17(22)7-9-18)21(25)23-12-14-24(15-13-23)29(26,27)19-10-4-16(2)5-11-19/h4-11,20H,3,12-15H2,1-2H3/t20-/m1/s1. The number of halogens is 1. The van der Waals surface area contributed by atoms with E-state index in [1.54, 1.807) is 29.2 Å². The van der Waals surface area contributed by atoms with Crippen LogP contribution in [0, 0.1) is 12.7 Å². The minimum Gasteiger partial charge on any atom is -0.481 e. The highest BCUT2D eigenvalue weighted by Crippen LogP contribution is 2.20. The highest BCUT2D eigenvalue weighted by atomic mass is 32.2. The van der Waals surface area contributed by atoms with Gasteiger partial charge in [0.15, 0.2) is 6.10 Å². The van der Waals surface area contributed by atoms with Gasteiger partial charge in [-0.25, -0.2) is 12.8 Å². The Kier molecular flexibility index (Phi) is 6.54. The lowest BCUT2D eigenvalue weighted by Gasteiger charge is -2.35. The third-order valence-electron chi connectivity index (χ3n) is 4.95. The molecule has 156 valence electrons. The molecule has 2 aromatic rings. The molecule has 0 aliphatic carbocycles. The first kappa shape index (κ1) is 21.3. The zero-order valence-electron chi connectivity index (χ0n) is 16.5. The second kappa shape index (κ2) is 8.92. The van der Waals surface area contributed by atoms with E-state index in [2.05, 4.69) is 0 Å². The van der Waals surface area contributed by atoms with Gasteiger partial charge in [0.2, 0.25) is 10.0 Å². The number of aryl methyl sites for hydroxylation is 1. The van der Waals surface area contributed by atoms with E-state index in [0.29, 0.717) is 25.3 Å². The second-order valence-electron chi connectivity index (χ2n) is 7.01. The number of carbonyl (C=O) groups is 1. The van der Waals surface area contributed by atoms with Crippen LogP contribution in [-0.4, -0.2) is 55.8 Å². The summed E-state index contributed by atoms with van der Waals surface area (Å²) < 4.78 is 45.8. The van der Waals surface area contributed by atoms with Gasteiger partial charge in [-0.1, -0.05) is 24.6 Å². The van der Waals surface area contributed by atoms with Crippen molar-refractivity contribution in [2.75, 3.05) is 26.2 Å². The maximum absolute atomic E-state index is 13.0. The molecule has 1 aliphatic rings. The average molecular weight is 421 g/mol. The van der Waals surface area contributed by atoms with E-state index < -0.39 is 16.1 Å². The summed E-state index contributed by atoms with van der Waals surface area (Å²) in [5, 5.41) is 0. The van der Waals surface area contributed by atoms with Crippen LogP contribution < -0.4 is 4.74 Å². The van der Waals surface area contributed by atoms with Gasteiger partial charge < -0.3 is 9.64 Å². The number of ether oxygens (including phenoxy) is 1. The number of amides is 1. The second-order valence-corrected chi connectivity index (χ2v) is 8.95. The lowest BCUT2D eigenvalue weighted by molar-refractivity contribution is -0.140. The molecular formula is C21H25FN2O4S. The van der Waals surface area contributed by atoms with E-state index in [0.717, 1.165) is 5.56 Å². The van der Waals surface area contributed by atoms with Gasteiger partial charge in [0.1, 0.15) is 11.6 Å². The van der Waals surface area contributed by atoms with Gasteiger partial charge in [-0.05, 0) is 49.7 Å². The first-order valence-electron chi connectivity index (χ1n) is 9.59. The van der Waals surface area contributed by atoms with Crippen LogP contribution >= 0.6 is 0 Å². The van der Waals surface area contributed by atoms with Gasteiger partial charge >= 0.3 is 0 Å². The van der Waals surface area contributed by atoms with E-state index in [9.17, 15) is 17.6 Å². The molecule has 29 heavy (non-hydrogen) atoms. The summed E-state index contributed by atoms with van der Waals surface area (Å²) in [5.41, 5.74) is 0.992. The quantitative estimate of drug-likeness (QED) is 0.721.